The van der Waals surface area contributed by atoms with E-state index in [4.69, 9.17) is 16.3 Å². The fourth-order valence-electron chi connectivity index (χ4n) is 2.49. The second-order valence-corrected chi connectivity index (χ2v) is 7.76. The van der Waals surface area contributed by atoms with Crippen LogP contribution in [0.2, 0.25) is 5.02 Å². The molecule has 0 bridgehead atoms. The van der Waals surface area contributed by atoms with Crippen LogP contribution in [0.3, 0.4) is 0 Å². The minimum atomic E-state index is -0.321. The largest absolute Gasteiger partial charge is 0.493 e. The van der Waals surface area contributed by atoms with Crippen LogP contribution in [0.4, 0.5) is 4.79 Å². The van der Waals surface area contributed by atoms with Crippen LogP contribution in [0.15, 0.2) is 51.8 Å². The highest BCUT2D eigenvalue weighted by Crippen LogP contribution is 2.36. The van der Waals surface area contributed by atoms with Crippen molar-refractivity contribution in [3.63, 3.8) is 0 Å². The molecule has 26 heavy (non-hydrogen) atoms. The predicted molar refractivity (Wildman–Crippen MR) is 108 cm³/mol. The zero-order chi connectivity index (χ0) is 18.7. The molecule has 1 saturated heterocycles. The molecule has 1 aliphatic heterocycles. The van der Waals surface area contributed by atoms with Crippen LogP contribution in [-0.4, -0.2) is 22.7 Å². The van der Waals surface area contributed by atoms with Gasteiger partial charge in [-0.3, -0.25) is 14.5 Å². The van der Waals surface area contributed by atoms with Gasteiger partial charge in [0.1, 0.15) is 5.75 Å². The van der Waals surface area contributed by atoms with E-state index in [1.165, 1.54) is 4.90 Å². The van der Waals surface area contributed by atoms with Crippen LogP contribution in [0.5, 0.6) is 5.75 Å². The summed E-state index contributed by atoms with van der Waals surface area (Å²) in [6, 6.07) is 12.7. The molecule has 2 aromatic rings. The van der Waals surface area contributed by atoms with Crippen molar-refractivity contribution < 1.29 is 14.3 Å². The second-order valence-electron chi connectivity index (χ2n) is 5.47. The van der Waals surface area contributed by atoms with E-state index in [0.717, 1.165) is 21.8 Å². The van der Waals surface area contributed by atoms with E-state index in [1.807, 2.05) is 31.2 Å². The number of hydrogen-bond acceptors (Lipinski definition) is 4. The van der Waals surface area contributed by atoms with Crippen molar-refractivity contribution in [1.29, 1.82) is 0 Å². The molecule has 0 atom stereocenters. The number of rotatable bonds is 5. The lowest BCUT2D eigenvalue weighted by Crippen LogP contribution is -2.27. The Hall–Kier alpha value is -1.76. The maximum atomic E-state index is 12.7. The average molecular weight is 453 g/mol. The SMILES string of the molecule is CCOc1ccc(Cl)cc1/C=C1/SC(=O)N(Cc2ccccc2Br)C1=O. The molecule has 1 heterocycles. The van der Waals surface area contributed by atoms with Gasteiger partial charge in [-0.25, -0.2) is 0 Å². The Labute approximate surface area is 169 Å². The van der Waals surface area contributed by atoms with Crippen LogP contribution in [0.25, 0.3) is 6.08 Å². The molecule has 1 fully saturated rings. The van der Waals surface area contributed by atoms with Crippen molar-refractivity contribution in [2.24, 2.45) is 0 Å². The van der Waals surface area contributed by atoms with Gasteiger partial charge < -0.3 is 4.74 Å². The molecule has 0 N–H and O–H groups in total. The molecule has 0 spiro atoms. The zero-order valence-electron chi connectivity index (χ0n) is 13.9. The van der Waals surface area contributed by atoms with E-state index in [-0.39, 0.29) is 17.7 Å². The van der Waals surface area contributed by atoms with E-state index >= 15 is 0 Å². The van der Waals surface area contributed by atoms with Crippen LogP contribution in [0.1, 0.15) is 18.1 Å². The minimum Gasteiger partial charge on any atom is -0.493 e. The summed E-state index contributed by atoms with van der Waals surface area (Å²) < 4.78 is 6.43. The Morgan fingerprint density at radius 2 is 2.00 bits per heavy atom. The molecule has 134 valence electrons. The Morgan fingerprint density at radius 1 is 1.23 bits per heavy atom. The summed E-state index contributed by atoms with van der Waals surface area (Å²) in [5.41, 5.74) is 1.54. The van der Waals surface area contributed by atoms with E-state index in [9.17, 15) is 9.59 Å². The van der Waals surface area contributed by atoms with Gasteiger partial charge in [0.25, 0.3) is 11.1 Å². The van der Waals surface area contributed by atoms with Gasteiger partial charge in [-0.05, 0) is 54.6 Å². The standard InChI is InChI=1S/C19H15BrClNO3S/c1-2-25-16-8-7-14(21)9-13(16)10-17-18(23)22(19(24)26-17)11-12-5-3-4-6-15(12)20/h3-10H,2,11H2,1H3/b17-10+. The summed E-state index contributed by atoms with van der Waals surface area (Å²) >= 11 is 10.4. The fraction of sp³-hybridized carbons (Fsp3) is 0.158. The first-order valence-electron chi connectivity index (χ1n) is 7.90. The van der Waals surface area contributed by atoms with Crippen LogP contribution >= 0.6 is 39.3 Å². The van der Waals surface area contributed by atoms with Crippen LogP contribution in [-0.2, 0) is 11.3 Å². The Bertz CT molecular complexity index is 900. The summed E-state index contributed by atoms with van der Waals surface area (Å²) in [4.78, 5) is 26.6. The number of carbonyl (C=O) groups excluding carboxylic acids is 2. The van der Waals surface area contributed by atoms with Crippen LogP contribution in [0, 0.1) is 0 Å². The van der Waals surface area contributed by atoms with Crippen molar-refractivity contribution in [2.45, 2.75) is 13.5 Å². The number of benzene rings is 2. The molecule has 0 radical (unpaired) electrons. The van der Waals surface area contributed by atoms with Gasteiger partial charge in [-0.2, -0.15) is 0 Å². The van der Waals surface area contributed by atoms with Gasteiger partial charge in [0.15, 0.2) is 0 Å². The lowest BCUT2D eigenvalue weighted by Gasteiger charge is -2.13. The van der Waals surface area contributed by atoms with Crippen LogP contribution < -0.4 is 4.74 Å². The molecule has 2 aromatic carbocycles. The van der Waals surface area contributed by atoms with E-state index in [0.29, 0.717) is 27.8 Å². The lowest BCUT2D eigenvalue weighted by atomic mass is 10.1. The highest BCUT2D eigenvalue weighted by Gasteiger charge is 2.35. The van der Waals surface area contributed by atoms with Gasteiger partial charge in [-0.15, -0.1) is 0 Å². The molecule has 0 saturated carbocycles. The second kappa shape index (κ2) is 8.29. The number of imide groups is 1. The van der Waals surface area contributed by atoms with Gasteiger partial charge in [0.2, 0.25) is 0 Å². The number of halogens is 2. The fourth-order valence-corrected chi connectivity index (χ4v) is 3.91. The number of carbonyl (C=O) groups is 2. The molecule has 2 amide bonds. The summed E-state index contributed by atoms with van der Waals surface area (Å²) in [6.45, 7) is 2.59. The predicted octanol–water partition coefficient (Wildman–Crippen LogP) is 5.74. The maximum Gasteiger partial charge on any atom is 0.293 e. The Morgan fingerprint density at radius 3 is 2.73 bits per heavy atom. The number of hydrogen-bond donors (Lipinski definition) is 0. The first-order chi connectivity index (χ1) is 12.5. The highest BCUT2D eigenvalue weighted by atomic mass is 79.9. The smallest absolute Gasteiger partial charge is 0.293 e. The summed E-state index contributed by atoms with van der Waals surface area (Å²) in [6.07, 6.45) is 1.65. The maximum absolute atomic E-state index is 12.7. The zero-order valence-corrected chi connectivity index (χ0v) is 17.0. The molecule has 0 aliphatic carbocycles. The summed E-state index contributed by atoms with van der Waals surface area (Å²) in [5.74, 6) is 0.299. The molecule has 1 aliphatic rings. The molecule has 0 aromatic heterocycles. The summed E-state index contributed by atoms with van der Waals surface area (Å²) in [7, 11) is 0. The molecule has 3 rings (SSSR count). The van der Waals surface area contributed by atoms with Crippen molar-refractivity contribution in [1.82, 2.24) is 4.90 Å². The lowest BCUT2D eigenvalue weighted by molar-refractivity contribution is -0.123. The molecule has 0 unspecified atom stereocenters. The van der Waals surface area contributed by atoms with Crippen molar-refractivity contribution in [3.05, 3.63) is 68.0 Å². The third-order valence-electron chi connectivity index (χ3n) is 3.72. The number of ether oxygens (including phenoxy) is 1. The van der Waals surface area contributed by atoms with Gasteiger partial charge in [0, 0.05) is 15.1 Å². The average Bonchev–Trinajstić information content (AvgIpc) is 2.87. The van der Waals surface area contributed by atoms with Crippen molar-refractivity contribution >= 4 is 56.5 Å². The molecular weight excluding hydrogens is 438 g/mol. The van der Waals surface area contributed by atoms with E-state index in [1.54, 1.807) is 24.3 Å². The number of amides is 2. The molecule has 4 nitrogen and oxygen atoms in total. The first kappa shape index (κ1) is 19.0. The molecular formula is C19H15BrClNO3S. The quantitative estimate of drug-likeness (QED) is 0.543. The molecule has 7 heteroatoms. The third-order valence-corrected chi connectivity index (χ3v) is 5.63. The van der Waals surface area contributed by atoms with Gasteiger partial charge in [-0.1, -0.05) is 45.7 Å². The van der Waals surface area contributed by atoms with Crippen molar-refractivity contribution in [3.8, 4) is 5.75 Å². The number of nitrogens with zero attached hydrogens (tertiary/aromatic N) is 1. The monoisotopic (exact) mass is 451 g/mol. The topological polar surface area (TPSA) is 46.6 Å². The number of thioether (sulfide) groups is 1. The third kappa shape index (κ3) is 4.14. The Balaban J connectivity index is 1.88. The Kier molecular flexibility index (Phi) is 6.06. The van der Waals surface area contributed by atoms with E-state index in [2.05, 4.69) is 15.9 Å². The van der Waals surface area contributed by atoms with Gasteiger partial charge >= 0.3 is 0 Å². The first-order valence-corrected chi connectivity index (χ1v) is 9.89. The normalized spacial score (nSPS) is 15.8. The van der Waals surface area contributed by atoms with Gasteiger partial charge in [0.05, 0.1) is 18.1 Å². The minimum absolute atomic E-state index is 0.220. The highest BCUT2D eigenvalue weighted by molar-refractivity contribution is 9.10. The van der Waals surface area contributed by atoms with E-state index < -0.39 is 0 Å². The van der Waals surface area contributed by atoms with Crippen molar-refractivity contribution in [2.75, 3.05) is 6.61 Å². The summed E-state index contributed by atoms with van der Waals surface area (Å²) in [5, 5.41) is 0.240.